The number of pyridine rings is 2. The lowest BCUT2D eigenvalue weighted by molar-refractivity contribution is 0.0853. The molecule has 1 aromatic carbocycles. The van der Waals surface area contributed by atoms with Crippen LogP contribution in [0.25, 0.3) is 10.9 Å². The van der Waals surface area contributed by atoms with Gasteiger partial charge in [0.1, 0.15) is 5.82 Å². The molecular formula is C24H31N5. The van der Waals surface area contributed by atoms with Crippen molar-refractivity contribution in [2.24, 2.45) is 0 Å². The monoisotopic (exact) mass is 389 g/mol. The van der Waals surface area contributed by atoms with Gasteiger partial charge in [0, 0.05) is 56.5 Å². The van der Waals surface area contributed by atoms with Crippen LogP contribution in [0.2, 0.25) is 0 Å². The highest BCUT2D eigenvalue weighted by molar-refractivity contribution is 5.78. The molecule has 1 saturated heterocycles. The van der Waals surface area contributed by atoms with E-state index >= 15 is 0 Å². The number of piperazine rings is 1. The van der Waals surface area contributed by atoms with Crippen molar-refractivity contribution in [2.75, 3.05) is 44.6 Å². The zero-order chi connectivity index (χ0) is 19.9. The van der Waals surface area contributed by atoms with Crippen LogP contribution < -0.4 is 5.32 Å². The summed E-state index contributed by atoms with van der Waals surface area (Å²) in [5, 5.41) is 4.55. The van der Waals surface area contributed by atoms with E-state index < -0.39 is 0 Å². The molecular weight excluding hydrogens is 358 g/mol. The third-order valence-electron chi connectivity index (χ3n) is 5.83. The zero-order valence-corrected chi connectivity index (χ0v) is 17.3. The van der Waals surface area contributed by atoms with Crippen LogP contribution in [0, 0.1) is 0 Å². The highest BCUT2D eigenvalue weighted by Gasteiger charge is 2.22. The van der Waals surface area contributed by atoms with E-state index in [9.17, 15) is 0 Å². The molecule has 29 heavy (non-hydrogen) atoms. The van der Waals surface area contributed by atoms with Gasteiger partial charge in [-0.05, 0) is 50.1 Å². The molecule has 0 aliphatic carbocycles. The molecule has 0 amide bonds. The van der Waals surface area contributed by atoms with Gasteiger partial charge in [-0.25, -0.2) is 4.98 Å². The van der Waals surface area contributed by atoms with E-state index in [1.165, 1.54) is 24.9 Å². The summed E-state index contributed by atoms with van der Waals surface area (Å²) < 4.78 is 0. The van der Waals surface area contributed by atoms with Gasteiger partial charge in [-0.1, -0.05) is 30.3 Å². The number of hydrogen-bond acceptors (Lipinski definition) is 5. The number of aryl methyl sites for hydroxylation is 1. The second-order valence-corrected chi connectivity index (χ2v) is 7.97. The fraction of sp³-hybridized carbons (Fsp3) is 0.417. The molecule has 2 aromatic heterocycles. The maximum atomic E-state index is 4.67. The van der Waals surface area contributed by atoms with Gasteiger partial charge in [0.15, 0.2) is 0 Å². The minimum atomic E-state index is 0.616. The predicted octanol–water partition coefficient (Wildman–Crippen LogP) is 3.68. The lowest BCUT2D eigenvalue weighted by Gasteiger charge is -2.40. The molecule has 1 atom stereocenters. The maximum Gasteiger partial charge on any atom is 0.126 e. The average molecular weight is 390 g/mol. The summed E-state index contributed by atoms with van der Waals surface area (Å²) in [5.41, 5.74) is 2.44. The Balaban J connectivity index is 1.17. The second-order valence-electron chi connectivity index (χ2n) is 7.97. The van der Waals surface area contributed by atoms with E-state index in [2.05, 4.69) is 68.4 Å². The fourth-order valence-corrected chi connectivity index (χ4v) is 4.14. The third kappa shape index (κ3) is 5.52. The van der Waals surface area contributed by atoms with Gasteiger partial charge in [-0.15, -0.1) is 0 Å². The standard InChI is InChI=1S/C24H31N5/c1-20-19-28(16-17-29(20)14-5-8-21-6-3-2-4-7-21)15-13-26-24-10-9-22-18-25-12-11-23(22)27-24/h2-4,6-7,9-12,18,20H,5,8,13-17,19H2,1H3,(H,26,27). The fourth-order valence-electron chi connectivity index (χ4n) is 4.14. The molecule has 0 radical (unpaired) electrons. The van der Waals surface area contributed by atoms with E-state index in [4.69, 9.17) is 0 Å². The Labute approximate surface area is 173 Å². The Morgan fingerprint density at radius 3 is 2.79 bits per heavy atom. The topological polar surface area (TPSA) is 44.3 Å². The number of fused-ring (bicyclic) bond motifs is 1. The van der Waals surface area contributed by atoms with Crippen molar-refractivity contribution >= 4 is 16.7 Å². The molecule has 152 valence electrons. The quantitative estimate of drug-likeness (QED) is 0.637. The van der Waals surface area contributed by atoms with Gasteiger partial charge in [-0.2, -0.15) is 0 Å². The van der Waals surface area contributed by atoms with Crippen LogP contribution in [0.1, 0.15) is 18.9 Å². The summed E-state index contributed by atoms with van der Waals surface area (Å²) in [6.45, 7) is 8.98. The summed E-state index contributed by atoms with van der Waals surface area (Å²) in [4.78, 5) is 14.0. The van der Waals surface area contributed by atoms with Crippen molar-refractivity contribution < 1.29 is 0 Å². The molecule has 1 N–H and O–H groups in total. The van der Waals surface area contributed by atoms with Crippen LogP contribution in [-0.4, -0.2) is 65.1 Å². The normalized spacial score (nSPS) is 18.2. The van der Waals surface area contributed by atoms with Crippen LogP contribution >= 0.6 is 0 Å². The van der Waals surface area contributed by atoms with Gasteiger partial charge in [0.05, 0.1) is 5.52 Å². The van der Waals surface area contributed by atoms with Crippen molar-refractivity contribution in [3.05, 3.63) is 66.5 Å². The van der Waals surface area contributed by atoms with Gasteiger partial charge in [0.25, 0.3) is 0 Å². The predicted molar refractivity (Wildman–Crippen MR) is 120 cm³/mol. The van der Waals surface area contributed by atoms with Crippen LogP contribution in [-0.2, 0) is 6.42 Å². The van der Waals surface area contributed by atoms with Crippen LogP contribution in [0.5, 0.6) is 0 Å². The summed E-state index contributed by atoms with van der Waals surface area (Å²) >= 11 is 0. The van der Waals surface area contributed by atoms with Crippen molar-refractivity contribution in [3.8, 4) is 0 Å². The van der Waals surface area contributed by atoms with Crippen molar-refractivity contribution in [1.82, 2.24) is 19.8 Å². The maximum absolute atomic E-state index is 4.67. The molecule has 5 heteroatoms. The Kier molecular flexibility index (Phi) is 6.70. The third-order valence-corrected chi connectivity index (χ3v) is 5.83. The Morgan fingerprint density at radius 1 is 1.03 bits per heavy atom. The first-order valence-corrected chi connectivity index (χ1v) is 10.7. The average Bonchev–Trinajstić information content (AvgIpc) is 2.76. The van der Waals surface area contributed by atoms with Crippen molar-refractivity contribution in [1.29, 1.82) is 0 Å². The van der Waals surface area contributed by atoms with Crippen LogP contribution in [0.4, 0.5) is 5.82 Å². The summed E-state index contributed by atoms with van der Waals surface area (Å²) in [6.07, 6.45) is 6.05. The van der Waals surface area contributed by atoms with Crippen LogP contribution in [0.3, 0.4) is 0 Å². The first-order valence-electron chi connectivity index (χ1n) is 10.7. The zero-order valence-electron chi connectivity index (χ0n) is 17.3. The first kappa shape index (κ1) is 19.8. The lowest BCUT2D eigenvalue weighted by Crippen LogP contribution is -2.52. The number of anilines is 1. The van der Waals surface area contributed by atoms with Crippen molar-refractivity contribution in [2.45, 2.75) is 25.8 Å². The second kappa shape index (κ2) is 9.81. The number of aromatic nitrogens is 2. The SMILES string of the molecule is CC1CN(CCNc2ccc3cnccc3n2)CCN1CCCc1ccccc1. The highest BCUT2D eigenvalue weighted by Crippen LogP contribution is 2.14. The van der Waals surface area contributed by atoms with Gasteiger partial charge in [0.2, 0.25) is 0 Å². The Hall–Kier alpha value is -2.50. The molecule has 0 spiro atoms. The summed E-state index contributed by atoms with van der Waals surface area (Å²) in [7, 11) is 0. The number of benzene rings is 1. The molecule has 4 rings (SSSR count). The van der Waals surface area contributed by atoms with Gasteiger partial charge < -0.3 is 5.32 Å². The summed E-state index contributed by atoms with van der Waals surface area (Å²) in [5.74, 6) is 0.941. The molecule has 0 bridgehead atoms. The molecule has 1 aliphatic heterocycles. The number of hydrogen-bond donors (Lipinski definition) is 1. The lowest BCUT2D eigenvalue weighted by atomic mass is 10.1. The number of rotatable bonds is 8. The first-order chi connectivity index (χ1) is 14.3. The minimum Gasteiger partial charge on any atom is -0.369 e. The largest absolute Gasteiger partial charge is 0.369 e. The van der Waals surface area contributed by atoms with E-state index in [1.807, 2.05) is 18.3 Å². The van der Waals surface area contributed by atoms with E-state index in [-0.39, 0.29) is 0 Å². The van der Waals surface area contributed by atoms with Gasteiger partial charge in [-0.3, -0.25) is 14.8 Å². The molecule has 1 fully saturated rings. The number of nitrogens with zero attached hydrogens (tertiary/aromatic N) is 4. The van der Waals surface area contributed by atoms with E-state index in [0.29, 0.717) is 6.04 Å². The van der Waals surface area contributed by atoms with Crippen molar-refractivity contribution in [3.63, 3.8) is 0 Å². The van der Waals surface area contributed by atoms with Gasteiger partial charge >= 0.3 is 0 Å². The van der Waals surface area contributed by atoms with Crippen LogP contribution in [0.15, 0.2) is 60.9 Å². The molecule has 0 saturated carbocycles. The Bertz CT molecular complexity index is 898. The molecule has 3 heterocycles. The highest BCUT2D eigenvalue weighted by atomic mass is 15.3. The molecule has 5 nitrogen and oxygen atoms in total. The molecule has 3 aromatic rings. The van der Waals surface area contributed by atoms with E-state index in [1.54, 1.807) is 6.20 Å². The minimum absolute atomic E-state index is 0.616. The van der Waals surface area contributed by atoms with E-state index in [0.717, 1.165) is 49.4 Å². The molecule has 1 aliphatic rings. The molecule has 1 unspecified atom stereocenters. The number of nitrogens with one attached hydrogen (secondary N) is 1. The Morgan fingerprint density at radius 2 is 1.93 bits per heavy atom. The summed E-state index contributed by atoms with van der Waals surface area (Å²) in [6, 6.07) is 17.5. The smallest absolute Gasteiger partial charge is 0.126 e.